The Bertz CT molecular complexity index is 924. The van der Waals surface area contributed by atoms with E-state index in [-0.39, 0.29) is 4.90 Å². The molecule has 0 fully saturated rings. The van der Waals surface area contributed by atoms with Gasteiger partial charge in [-0.15, -0.1) is 0 Å². The summed E-state index contributed by atoms with van der Waals surface area (Å²) in [6.07, 6.45) is 1.32. The minimum Gasteiger partial charge on any atom is -0.250 e. The zero-order valence-electron chi connectivity index (χ0n) is 15.6. The molecule has 0 heterocycles. The second kappa shape index (κ2) is 8.07. The highest BCUT2D eigenvalue weighted by Crippen LogP contribution is 2.40. The van der Waals surface area contributed by atoms with Gasteiger partial charge in [0.1, 0.15) is 5.60 Å². The van der Waals surface area contributed by atoms with Crippen LogP contribution < -0.4 is 0 Å². The van der Waals surface area contributed by atoms with E-state index in [0.29, 0.717) is 6.42 Å². The van der Waals surface area contributed by atoms with E-state index in [1.54, 1.807) is 24.3 Å². The molecule has 0 aliphatic carbocycles. The largest absolute Gasteiger partial charge is 0.298 e. The second-order valence-electron chi connectivity index (χ2n) is 6.66. The number of rotatable bonds is 7. The third kappa shape index (κ3) is 4.12. The summed E-state index contributed by atoms with van der Waals surface area (Å²) in [7, 11) is -3.95. The Morgan fingerprint density at radius 3 is 1.70 bits per heavy atom. The lowest BCUT2D eigenvalue weighted by Gasteiger charge is -2.34. The topological polar surface area (TPSA) is 43.4 Å². The van der Waals surface area contributed by atoms with Crippen LogP contribution in [0.5, 0.6) is 0 Å². The normalized spacial score (nSPS) is 12.1. The Morgan fingerprint density at radius 2 is 1.26 bits per heavy atom. The highest BCUT2D eigenvalue weighted by atomic mass is 32.2. The van der Waals surface area contributed by atoms with Crippen LogP contribution in [0.15, 0.2) is 89.8 Å². The average Bonchev–Trinajstić information content (AvgIpc) is 2.69. The van der Waals surface area contributed by atoms with E-state index in [1.807, 2.05) is 74.5 Å². The van der Waals surface area contributed by atoms with Gasteiger partial charge in [-0.1, -0.05) is 91.7 Å². The fraction of sp³-hybridized carbons (Fsp3) is 0.217. The Morgan fingerprint density at radius 1 is 0.778 bits per heavy atom. The standard InChI is InChI=1S/C23H24O3S/c1-3-18-23(20-10-6-4-7-11-20,21-12-8-5-9-13-21)26-27(24,25)22-16-14-19(2)15-17-22/h4-17H,3,18H2,1-2H3. The Kier molecular flexibility index (Phi) is 5.78. The molecule has 140 valence electrons. The first kappa shape index (κ1) is 19.3. The number of benzene rings is 3. The van der Waals surface area contributed by atoms with E-state index < -0.39 is 15.7 Å². The molecule has 0 aliphatic heterocycles. The van der Waals surface area contributed by atoms with Gasteiger partial charge in [0.2, 0.25) is 0 Å². The molecule has 0 saturated heterocycles. The van der Waals surface area contributed by atoms with Crippen molar-refractivity contribution in [2.45, 2.75) is 37.2 Å². The van der Waals surface area contributed by atoms with Crippen molar-refractivity contribution in [3.63, 3.8) is 0 Å². The summed E-state index contributed by atoms with van der Waals surface area (Å²) in [5, 5.41) is 0. The summed E-state index contributed by atoms with van der Waals surface area (Å²) in [6, 6.07) is 25.9. The molecular formula is C23H24O3S. The Balaban J connectivity index is 2.16. The average molecular weight is 381 g/mol. The van der Waals surface area contributed by atoms with Crippen LogP contribution in [0, 0.1) is 6.92 Å². The van der Waals surface area contributed by atoms with Crippen LogP contribution >= 0.6 is 0 Å². The second-order valence-corrected chi connectivity index (χ2v) is 8.21. The third-order valence-corrected chi connectivity index (χ3v) is 6.00. The van der Waals surface area contributed by atoms with E-state index in [0.717, 1.165) is 23.1 Å². The van der Waals surface area contributed by atoms with E-state index in [9.17, 15) is 8.42 Å². The maximum Gasteiger partial charge on any atom is 0.298 e. The molecule has 27 heavy (non-hydrogen) atoms. The molecule has 3 rings (SSSR count). The van der Waals surface area contributed by atoms with Crippen molar-refractivity contribution in [3.05, 3.63) is 102 Å². The summed E-state index contributed by atoms with van der Waals surface area (Å²) in [5.74, 6) is 0. The molecule has 0 amide bonds. The van der Waals surface area contributed by atoms with Crippen LogP contribution in [0.2, 0.25) is 0 Å². The van der Waals surface area contributed by atoms with Crippen LogP contribution in [0.3, 0.4) is 0 Å². The van der Waals surface area contributed by atoms with Gasteiger partial charge in [0.25, 0.3) is 10.1 Å². The minimum absolute atomic E-state index is 0.167. The van der Waals surface area contributed by atoms with Crippen molar-refractivity contribution in [2.24, 2.45) is 0 Å². The molecule has 0 aliphatic rings. The SMILES string of the molecule is CCCC(OS(=O)(=O)c1ccc(C)cc1)(c1ccccc1)c1ccccc1. The summed E-state index contributed by atoms with van der Waals surface area (Å²) in [5.41, 5.74) is 1.59. The highest BCUT2D eigenvalue weighted by molar-refractivity contribution is 7.86. The van der Waals surface area contributed by atoms with Gasteiger partial charge in [-0.3, -0.25) is 0 Å². The lowest BCUT2D eigenvalue weighted by Crippen LogP contribution is -2.34. The zero-order valence-corrected chi connectivity index (χ0v) is 16.4. The summed E-state index contributed by atoms with van der Waals surface area (Å²) in [6.45, 7) is 3.95. The number of aryl methyl sites for hydroxylation is 1. The van der Waals surface area contributed by atoms with Crippen molar-refractivity contribution >= 4 is 10.1 Å². The molecular weight excluding hydrogens is 356 g/mol. The maximum atomic E-state index is 13.2. The van der Waals surface area contributed by atoms with Crippen molar-refractivity contribution in [1.82, 2.24) is 0 Å². The maximum absolute atomic E-state index is 13.2. The van der Waals surface area contributed by atoms with Gasteiger partial charge in [0, 0.05) is 0 Å². The van der Waals surface area contributed by atoms with Gasteiger partial charge in [-0.25, -0.2) is 4.18 Å². The van der Waals surface area contributed by atoms with Gasteiger partial charge in [-0.2, -0.15) is 8.42 Å². The quantitative estimate of drug-likeness (QED) is 0.512. The molecule has 0 saturated carbocycles. The monoisotopic (exact) mass is 380 g/mol. The van der Waals surface area contributed by atoms with Crippen LogP contribution in [-0.2, 0) is 19.9 Å². The van der Waals surface area contributed by atoms with Gasteiger partial charge in [0.15, 0.2) is 0 Å². The molecule has 0 bridgehead atoms. The van der Waals surface area contributed by atoms with Gasteiger partial charge in [0.05, 0.1) is 4.90 Å². The fourth-order valence-electron chi connectivity index (χ4n) is 3.30. The summed E-state index contributed by atoms with van der Waals surface area (Å²) >= 11 is 0. The van der Waals surface area contributed by atoms with Crippen LogP contribution in [0.4, 0.5) is 0 Å². The molecule has 3 aromatic rings. The smallest absolute Gasteiger partial charge is 0.250 e. The molecule has 0 atom stereocenters. The van der Waals surface area contributed by atoms with E-state index >= 15 is 0 Å². The molecule has 4 heteroatoms. The molecule has 0 unspecified atom stereocenters. The first-order valence-electron chi connectivity index (χ1n) is 9.11. The highest BCUT2D eigenvalue weighted by Gasteiger charge is 2.40. The van der Waals surface area contributed by atoms with Gasteiger partial charge in [-0.05, 0) is 36.6 Å². The van der Waals surface area contributed by atoms with Gasteiger partial charge >= 0.3 is 0 Å². The summed E-state index contributed by atoms with van der Waals surface area (Å²) in [4.78, 5) is 0.167. The van der Waals surface area contributed by atoms with Crippen LogP contribution in [0.25, 0.3) is 0 Å². The first-order valence-corrected chi connectivity index (χ1v) is 10.5. The van der Waals surface area contributed by atoms with Crippen molar-refractivity contribution in [3.8, 4) is 0 Å². The van der Waals surface area contributed by atoms with Crippen LogP contribution in [0.1, 0.15) is 36.5 Å². The van der Waals surface area contributed by atoms with E-state index in [4.69, 9.17) is 4.18 Å². The zero-order chi connectivity index (χ0) is 19.3. The van der Waals surface area contributed by atoms with Crippen molar-refractivity contribution in [2.75, 3.05) is 0 Å². The lowest BCUT2D eigenvalue weighted by molar-refractivity contribution is 0.108. The number of hydrogen-bond donors (Lipinski definition) is 0. The Hall–Kier alpha value is -2.43. The predicted octanol–water partition coefficient (Wildman–Crippen LogP) is 5.44. The third-order valence-electron chi connectivity index (χ3n) is 4.64. The molecule has 0 N–H and O–H groups in total. The van der Waals surface area contributed by atoms with E-state index in [1.165, 1.54) is 0 Å². The van der Waals surface area contributed by atoms with Crippen molar-refractivity contribution < 1.29 is 12.6 Å². The van der Waals surface area contributed by atoms with Crippen LogP contribution in [-0.4, -0.2) is 8.42 Å². The molecule has 3 nitrogen and oxygen atoms in total. The lowest BCUT2D eigenvalue weighted by atomic mass is 9.83. The molecule has 0 aromatic heterocycles. The minimum atomic E-state index is -3.95. The summed E-state index contributed by atoms with van der Waals surface area (Å²) < 4.78 is 32.4. The Labute approximate surface area is 161 Å². The predicted molar refractivity (Wildman–Crippen MR) is 108 cm³/mol. The molecule has 0 spiro atoms. The molecule has 3 aromatic carbocycles. The van der Waals surface area contributed by atoms with E-state index in [2.05, 4.69) is 0 Å². The first-order chi connectivity index (χ1) is 13.0. The number of hydrogen-bond acceptors (Lipinski definition) is 3. The fourth-order valence-corrected chi connectivity index (χ4v) is 4.52. The molecule has 0 radical (unpaired) electrons. The van der Waals surface area contributed by atoms with Crippen molar-refractivity contribution in [1.29, 1.82) is 0 Å². The van der Waals surface area contributed by atoms with Gasteiger partial charge < -0.3 is 0 Å².